The summed E-state index contributed by atoms with van der Waals surface area (Å²) in [4.78, 5) is 44.9. The molecule has 0 aromatic heterocycles. The highest BCUT2D eigenvalue weighted by Gasteiger charge is 2.47. The van der Waals surface area contributed by atoms with E-state index in [0.29, 0.717) is 0 Å². The van der Waals surface area contributed by atoms with Crippen molar-refractivity contribution >= 4 is 19.8 Å². The van der Waals surface area contributed by atoms with Gasteiger partial charge in [-0.2, -0.15) is 0 Å². The number of phosphoric acid groups is 1. The average Bonchev–Trinajstić information content (AvgIpc) is 2.60. The first-order chi connectivity index (χ1) is 13.5. The number of rotatable bonds is 8. The molecule has 168 valence electrons. The van der Waals surface area contributed by atoms with Crippen LogP contribution in [0.1, 0.15) is 34.6 Å². The first kappa shape index (κ1) is 27.3. The predicted octanol–water partition coefficient (Wildman–Crippen LogP) is 1.34. The highest BCUT2D eigenvalue weighted by molar-refractivity contribution is 7.46. The summed E-state index contributed by atoms with van der Waals surface area (Å²) in [7, 11) is -4.97. The summed E-state index contributed by atoms with van der Waals surface area (Å²) in [6, 6.07) is -1.06. The van der Waals surface area contributed by atoms with Crippen molar-refractivity contribution in [3.05, 3.63) is 10.4 Å². The molecule has 0 aromatic rings. The van der Waals surface area contributed by atoms with Gasteiger partial charge in [0.05, 0.1) is 6.61 Å². The van der Waals surface area contributed by atoms with Crippen molar-refractivity contribution in [2.75, 3.05) is 26.2 Å². The molecule has 1 saturated heterocycles. The molecule has 1 aliphatic heterocycles. The Labute approximate surface area is 169 Å². The minimum Gasteiger partial charge on any atom is -0.458 e. The number of hydrogen-bond acceptors (Lipinski definition) is 9. The number of ether oxygens (including phenoxy) is 3. The van der Waals surface area contributed by atoms with Gasteiger partial charge in [-0.25, -0.2) is 4.57 Å². The summed E-state index contributed by atoms with van der Waals surface area (Å²) < 4.78 is 30.1. The lowest BCUT2D eigenvalue weighted by Crippen LogP contribution is -2.56. The number of azide groups is 1. The first-order valence-corrected chi connectivity index (χ1v) is 10.5. The van der Waals surface area contributed by atoms with E-state index in [4.69, 9.17) is 29.5 Å². The van der Waals surface area contributed by atoms with E-state index in [1.165, 1.54) is 19.6 Å². The van der Waals surface area contributed by atoms with E-state index in [-0.39, 0.29) is 6.61 Å². The van der Waals surface area contributed by atoms with E-state index in [1.54, 1.807) is 0 Å². The standard InChI is InChI=1S/C9H14N3O9P.C6H15N/c1-4(13)19-7-6(11-12-10)3-18-9(21-22(15,16)17)8(7)20-5(2)14;1-4-7(5-2)6-3/h6-9H,3H2,1-2H3,(H2,15,16,17);4-6H2,1-3H3/t6?,7-,8+,9+;/m0./s1. The highest BCUT2D eigenvalue weighted by Crippen LogP contribution is 2.41. The molecule has 29 heavy (non-hydrogen) atoms. The lowest BCUT2D eigenvalue weighted by atomic mass is 10.0. The minimum absolute atomic E-state index is 0.357. The van der Waals surface area contributed by atoms with Gasteiger partial charge in [0, 0.05) is 18.8 Å². The summed E-state index contributed by atoms with van der Waals surface area (Å²) >= 11 is 0. The van der Waals surface area contributed by atoms with Crippen molar-refractivity contribution < 1.29 is 42.7 Å². The Morgan fingerprint density at radius 2 is 1.62 bits per heavy atom. The summed E-state index contributed by atoms with van der Waals surface area (Å²) in [6.07, 6.45) is -4.53. The van der Waals surface area contributed by atoms with Crippen LogP contribution in [0.25, 0.3) is 10.4 Å². The van der Waals surface area contributed by atoms with Crippen molar-refractivity contribution in [3.63, 3.8) is 0 Å². The van der Waals surface area contributed by atoms with Crippen LogP contribution in [0.4, 0.5) is 0 Å². The Kier molecular flexibility index (Phi) is 12.7. The molecule has 0 aromatic carbocycles. The van der Waals surface area contributed by atoms with Gasteiger partial charge in [0.2, 0.25) is 6.29 Å². The van der Waals surface area contributed by atoms with Crippen LogP contribution in [0.3, 0.4) is 0 Å². The van der Waals surface area contributed by atoms with Crippen LogP contribution in [0, 0.1) is 0 Å². The molecular weight excluding hydrogens is 411 g/mol. The van der Waals surface area contributed by atoms with Crippen LogP contribution >= 0.6 is 7.82 Å². The third-order valence-corrected chi connectivity index (χ3v) is 4.27. The zero-order valence-corrected chi connectivity index (χ0v) is 18.0. The van der Waals surface area contributed by atoms with Gasteiger partial charge in [0.25, 0.3) is 0 Å². The van der Waals surface area contributed by atoms with Gasteiger partial charge in [0.1, 0.15) is 6.04 Å². The first-order valence-electron chi connectivity index (χ1n) is 8.95. The maximum Gasteiger partial charge on any atom is 0.472 e. The van der Waals surface area contributed by atoms with Crippen LogP contribution < -0.4 is 0 Å². The summed E-state index contributed by atoms with van der Waals surface area (Å²) in [5.74, 6) is -1.62. The summed E-state index contributed by atoms with van der Waals surface area (Å²) in [6.45, 7) is 11.9. The van der Waals surface area contributed by atoms with Crippen molar-refractivity contribution in [2.45, 2.75) is 59.2 Å². The maximum atomic E-state index is 11.2. The van der Waals surface area contributed by atoms with E-state index < -0.39 is 44.3 Å². The fraction of sp³-hybridized carbons (Fsp3) is 0.867. The Balaban J connectivity index is 0.000000956. The van der Waals surface area contributed by atoms with Crippen LogP contribution in [0.5, 0.6) is 0 Å². The molecule has 1 heterocycles. The van der Waals surface area contributed by atoms with E-state index >= 15 is 0 Å². The Bertz CT molecular complexity index is 613. The van der Waals surface area contributed by atoms with Gasteiger partial charge in [0.15, 0.2) is 12.2 Å². The molecule has 1 fully saturated rings. The molecule has 0 radical (unpaired) electrons. The normalized spacial score (nSPS) is 24.0. The van der Waals surface area contributed by atoms with Crippen LogP contribution in [0.15, 0.2) is 5.11 Å². The number of nitrogens with zero attached hydrogens (tertiary/aromatic N) is 4. The second-order valence-electron chi connectivity index (χ2n) is 5.84. The maximum absolute atomic E-state index is 11.2. The summed E-state index contributed by atoms with van der Waals surface area (Å²) in [5.41, 5.74) is 8.49. The van der Waals surface area contributed by atoms with E-state index in [0.717, 1.165) is 13.8 Å². The molecule has 0 spiro atoms. The van der Waals surface area contributed by atoms with E-state index in [9.17, 15) is 14.2 Å². The smallest absolute Gasteiger partial charge is 0.458 e. The van der Waals surface area contributed by atoms with Gasteiger partial charge in [-0.1, -0.05) is 25.9 Å². The minimum atomic E-state index is -4.97. The van der Waals surface area contributed by atoms with Gasteiger partial charge >= 0.3 is 19.8 Å². The van der Waals surface area contributed by atoms with Crippen molar-refractivity contribution in [2.24, 2.45) is 5.11 Å². The van der Waals surface area contributed by atoms with Gasteiger partial charge in [-0.05, 0) is 25.2 Å². The van der Waals surface area contributed by atoms with Crippen LogP contribution in [0.2, 0.25) is 0 Å². The zero-order valence-electron chi connectivity index (χ0n) is 17.1. The molecule has 2 N–H and O–H groups in total. The fourth-order valence-corrected chi connectivity index (χ4v) is 2.92. The molecule has 13 nitrogen and oxygen atoms in total. The van der Waals surface area contributed by atoms with Crippen molar-refractivity contribution in [1.82, 2.24) is 4.90 Å². The topological polar surface area (TPSA) is 181 Å². The molecule has 1 aliphatic rings. The van der Waals surface area contributed by atoms with Gasteiger partial charge < -0.3 is 28.9 Å². The molecule has 1 rings (SSSR count). The lowest BCUT2D eigenvalue weighted by Gasteiger charge is -2.38. The third kappa shape index (κ3) is 11.1. The molecule has 14 heteroatoms. The van der Waals surface area contributed by atoms with E-state index in [1.807, 2.05) is 0 Å². The number of phosphoric ester groups is 1. The average molecular weight is 440 g/mol. The van der Waals surface area contributed by atoms with Crippen molar-refractivity contribution in [1.29, 1.82) is 0 Å². The number of hydrogen-bond donors (Lipinski definition) is 2. The molecular formula is C15H29N4O9P. The number of carbonyl (C=O) groups is 2. The largest absolute Gasteiger partial charge is 0.472 e. The SMILES string of the molecule is CC(=O)O[C@H]1[C@@H](OP(=O)(O)O)OCC(N=[N+]=[N-])[C@@H]1OC(C)=O.CCN(CC)CC. The number of carbonyl (C=O) groups excluding carboxylic acids is 2. The zero-order chi connectivity index (χ0) is 22.6. The molecule has 0 aliphatic carbocycles. The molecule has 0 amide bonds. The van der Waals surface area contributed by atoms with E-state index in [2.05, 4.69) is 40.2 Å². The predicted molar refractivity (Wildman–Crippen MR) is 100 cm³/mol. The molecule has 0 saturated carbocycles. The second kappa shape index (κ2) is 13.5. The van der Waals surface area contributed by atoms with Crippen LogP contribution in [-0.4, -0.2) is 77.4 Å². The Hall–Kier alpha value is -1.72. The lowest BCUT2D eigenvalue weighted by molar-refractivity contribution is -0.237. The molecule has 4 atom stereocenters. The quantitative estimate of drug-likeness (QED) is 0.184. The third-order valence-electron chi connectivity index (χ3n) is 3.79. The van der Waals surface area contributed by atoms with Gasteiger partial charge in [-0.3, -0.25) is 14.1 Å². The Morgan fingerprint density at radius 3 is 1.97 bits per heavy atom. The number of esters is 2. The second-order valence-corrected chi connectivity index (χ2v) is 7.03. The highest BCUT2D eigenvalue weighted by atomic mass is 31.2. The van der Waals surface area contributed by atoms with Gasteiger partial charge in [-0.15, -0.1) is 0 Å². The summed E-state index contributed by atoms with van der Waals surface area (Å²) in [5, 5.41) is 3.34. The fourth-order valence-electron chi connectivity index (χ4n) is 2.47. The Morgan fingerprint density at radius 1 is 1.14 bits per heavy atom. The molecule has 0 bridgehead atoms. The molecule has 1 unspecified atom stereocenters. The monoisotopic (exact) mass is 440 g/mol. The van der Waals surface area contributed by atoms with Crippen molar-refractivity contribution in [3.8, 4) is 0 Å². The van der Waals surface area contributed by atoms with Crippen LogP contribution in [-0.2, 0) is 32.9 Å².